The van der Waals surface area contributed by atoms with Crippen LogP contribution in [0.4, 0.5) is 5.69 Å². The average Bonchev–Trinajstić information content (AvgIpc) is 2.65. The Morgan fingerprint density at radius 2 is 2.20 bits per heavy atom. The van der Waals surface area contributed by atoms with E-state index < -0.39 is 6.10 Å². The number of nitrogens with two attached hydrogens (primary N) is 1. The van der Waals surface area contributed by atoms with E-state index in [1.165, 1.54) is 11.3 Å². The van der Waals surface area contributed by atoms with Crippen LogP contribution in [0.3, 0.4) is 0 Å². The Labute approximate surface area is 99.7 Å². The number of hydrogen-bond acceptors (Lipinski definition) is 4. The Bertz CT molecular complexity index is 472. The van der Waals surface area contributed by atoms with Crippen molar-refractivity contribution < 1.29 is 5.11 Å². The van der Waals surface area contributed by atoms with E-state index in [4.69, 9.17) is 5.73 Å². The second-order valence-corrected chi connectivity index (χ2v) is 5.54. The normalized spacial score (nSPS) is 12.7. The first-order valence-corrected chi connectivity index (χ1v) is 5.92. The molecule has 2 heterocycles. The van der Waals surface area contributed by atoms with Gasteiger partial charge in [0, 0.05) is 28.5 Å². The summed E-state index contributed by atoms with van der Waals surface area (Å²) in [5.41, 5.74) is 6.96. The van der Waals surface area contributed by atoms with Gasteiger partial charge in [0.2, 0.25) is 0 Å². The van der Waals surface area contributed by atoms with Gasteiger partial charge in [-0.3, -0.25) is 4.98 Å². The van der Waals surface area contributed by atoms with Crippen LogP contribution in [-0.4, -0.2) is 10.1 Å². The molecule has 0 radical (unpaired) electrons. The van der Waals surface area contributed by atoms with E-state index in [2.05, 4.69) is 20.9 Å². The number of aliphatic hydroxyl groups excluding tert-OH is 1. The molecule has 3 N–H and O–H groups in total. The van der Waals surface area contributed by atoms with Crippen LogP contribution in [0.1, 0.15) is 16.5 Å². The summed E-state index contributed by atoms with van der Waals surface area (Å²) in [6.07, 6.45) is 2.50. The number of nitrogens with zero attached hydrogens (tertiary/aromatic N) is 1. The number of hydrogen-bond donors (Lipinski definition) is 2. The first kappa shape index (κ1) is 10.6. The molecule has 5 heteroatoms. The van der Waals surface area contributed by atoms with Gasteiger partial charge in [0.15, 0.2) is 0 Å². The third-order valence-corrected chi connectivity index (χ3v) is 3.72. The van der Waals surface area contributed by atoms with E-state index in [-0.39, 0.29) is 0 Å². The molecular weight excluding hydrogens is 276 g/mol. The zero-order valence-corrected chi connectivity index (χ0v) is 10.1. The molecule has 78 valence electrons. The topological polar surface area (TPSA) is 59.1 Å². The smallest absolute Gasteiger partial charge is 0.117 e. The summed E-state index contributed by atoms with van der Waals surface area (Å²) in [4.78, 5) is 4.80. The lowest BCUT2D eigenvalue weighted by molar-refractivity contribution is 0.224. The SMILES string of the molecule is Nc1ccncc1C(O)c1ccc(Br)s1. The highest BCUT2D eigenvalue weighted by Crippen LogP contribution is 2.32. The van der Waals surface area contributed by atoms with E-state index in [9.17, 15) is 5.11 Å². The van der Waals surface area contributed by atoms with Crippen LogP contribution in [0, 0.1) is 0 Å². The van der Waals surface area contributed by atoms with Gasteiger partial charge in [-0.1, -0.05) is 0 Å². The monoisotopic (exact) mass is 284 g/mol. The van der Waals surface area contributed by atoms with Crippen molar-refractivity contribution in [3.63, 3.8) is 0 Å². The predicted octanol–water partition coefficient (Wildman–Crippen LogP) is 2.57. The molecule has 2 rings (SSSR count). The van der Waals surface area contributed by atoms with Crippen LogP contribution >= 0.6 is 27.3 Å². The van der Waals surface area contributed by atoms with Crippen LogP contribution in [-0.2, 0) is 0 Å². The third kappa shape index (κ3) is 2.19. The molecule has 15 heavy (non-hydrogen) atoms. The maximum absolute atomic E-state index is 10.1. The van der Waals surface area contributed by atoms with Crippen molar-refractivity contribution in [2.24, 2.45) is 0 Å². The number of halogens is 1. The fraction of sp³-hybridized carbons (Fsp3) is 0.100. The fourth-order valence-electron chi connectivity index (χ4n) is 1.27. The van der Waals surface area contributed by atoms with Crippen LogP contribution < -0.4 is 5.73 Å². The highest BCUT2D eigenvalue weighted by Gasteiger charge is 2.15. The zero-order chi connectivity index (χ0) is 10.8. The molecule has 0 aliphatic carbocycles. The number of aliphatic hydroxyl groups is 1. The first-order chi connectivity index (χ1) is 7.18. The number of pyridine rings is 1. The second kappa shape index (κ2) is 4.30. The van der Waals surface area contributed by atoms with Crippen molar-refractivity contribution in [1.29, 1.82) is 0 Å². The van der Waals surface area contributed by atoms with Gasteiger partial charge in [-0.25, -0.2) is 0 Å². The van der Waals surface area contributed by atoms with E-state index in [0.717, 1.165) is 8.66 Å². The van der Waals surface area contributed by atoms with Crippen molar-refractivity contribution in [3.05, 3.63) is 44.8 Å². The van der Waals surface area contributed by atoms with Crippen LogP contribution in [0.25, 0.3) is 0 Å². The van der Waals surface area contributed by atoms with Crippen LogP contribution in [0.2, 0.25) is 0 Å². The van der Waals surface area contributed by atoms with Crippen molar-refractivity contribution in [3.8, 4) is 0 Å². The Morgan fingerprint density at radius 3 is 2.80 bits per heavy atom. The zero-order valence-electron chi connectivity index (χ0n) is 7.72. The molecule has 2 aromatic heterocycles. The molecule has 0 fully saturated rings. The van der Waals surface area contributed by atoms with E-state index in [0.29, 0.717) is 11.3 Å². The van der Waals surface area contributed by atoms with Gasteiger partial charge in [0.05, 0.1) is 3.79 Å². The van der Waals surface area contributed by atoms with Crippen molar-refractivity contribution >= 4 is 33.0 Å². The molecule has 1 unspecified atom stereocenters. The van der Waals surface area contributed by atoms with Gasteiger partial charge in [0.25, 0.3) is 0 Å². The van der Waals surface area contributed by atoms with Crippen molar-refractivity contribution in [2.75, 3.05) is 5.73 Å². The molecule has 0 bridgehead atoms. The predicted molar refractivity (Wildman–Crippen MR) is 64.7 cm³/mol. The van der Waals surface area contributed by atoms with E-state index in [1.807, 2.05) is 12.1 Å². The lowest BCUT2D eigenvalue weighted by Crippen LogP contribution is -2.02. The highest BCUT2D eigenvalue weighted by molar-refractivity contribution is 9.11. The Balaban J connectivity index is 2.36. The fourth-order valence-corrected chi connectivity index (χ4v) is 2.70. The van der Waals surface area contributed by atoms with Crippen molar-refractivity contribution in [2.45, 2.75) is 6.10 Å². The second-order valence-electron chi connectivity index (χ2n) is 3.05. The minimum atomic E-state index is -0.699. The lowest BCUT2D eigenvalue weighted by atomic mass is 10.1. The summed E-state index contributed by atoms with van der Waals surface area (Å²) >= 11 is 4.83. The number of nitrogen functional groups attached to an aromatic ring is 1. The molecular formula is C10H9BrN2OS. The number of rotatable bonds is 2. The number of thiophene rings is 1. The first-order valence-electron chi connectivity index (χ1n) is 4.31. The minimum Gasteiger partial charge on any atom is -0.398 e. The molecule has 0 aromatic carbocycles. The highest BCUT2D eigenvalue weighted by atomic mass is 79.9. The third-order valence-electron chi connectivity index (χ3n) is 2.05. The summed E-state index contributed by atoms with van der Waals surface area (Å²) < 4.78 is 0.985. The molecule has 0 aliphatic rings. The standard InChI is InChI=1S/C10H9BrN2OS/c11-9-2-1-8(15-9)10(14)6-5-13-4-3-7(6)12/h1-5,10,14H,(H2,12,13). The molecule has 0 amide bonds. The largest absolute Gasteiger partial charge is 0.398 e. The van der Waals surface area contributed by atoms with E-state index >= 15 is 0 Å². The van der Waals surface area contributed by atoms with E-state index in [1.54, 1.807) is 18.5 Å². The Kier molecular flexibility index (Phi) is 3.04. The Hall–Kier alpha value is -0.910. The minimum absolute atomic E-state index is 0.557. The number of aromatic nitrogens is 1. The summed E-state index contributed by atoms with van der Waals surface area (Å²) in [7, 11) is 0. The summed E-state index contributed by atoms with van der Waals surface area (Å²) in [5, 5.41) is 10.1. The molecule has 3 nitrogen and oxygen atoms in total. The molecule has 2 aromatic rings. The molecule has 0 saturated heterocycles. The van der Waals surface area contributed by atoms with Gasteiger partial charge >= 0.3 is 0 Å². The molecule has 1 atom stereocenters. The van der Waals surface area contributed by atoms with Gasteiger partial charge in [0.1, 0.15) is 6.10 Å². The maximum Gasteiger partial charge on any atom is 0.117 e. The molecule has 0 aliphatic heterocycles. The quantitative estimate of drug-likeness (QED) is 0.891. The van der Waals surface area contributed by atoms with Crippen LogP contribution in [0.15, 0.2) is 34.4 Å². The van der Waals surface area contributed by atoms with Gasteiger partial charge < -0.3 is 10.8 Å². The van der Waals surface area contributed by atoms with Gasteiger partial charge in [-0.05, 0) is 34.1 Å². The van der Waals surface area contributed by atoms with Gasteiger partial charge in [-0.15, -0.1) is 11.3 Å². The Morgan fingerprint density at radius 1 is 1.40 bits per heavy atom. The number of anilines is 1. The summed E-state index contributed by atoms with van der Waals surface area (Å²) in [6.45, 7) is 0. The van der Waals surface area contributed by atoms with Crippen LogP contribution in [0.5, 0.6) is 0 Å². The summed E-state index contributed by atoms with van der Waals surface area (Å²) in [6, 6.07) is 5.45. The van der Waals surface area contributed by atoms with Gasteiger partial charge in [-0.2, -0.15) is 0 Å². The molecule has 0 spiro atoms. The lowest BCUT2D eigenvalue weighted by Gasteiger charge is -2.10. The average molecular weight is 285 g/mol. The molecule has 0 saturated carbocycles. The summed E-state index contributed by atoms with van der Waals surface area (Å²) in [5.74, 6) is 0. The van der Waals surface area contributed by atoms with Crippen molar-refractivity contribution in [1.82, 2.24) is 4.98 Å². The maximum atomic E-state index is 10.1.